The van der Waals surface area contributed by atoms with E-state index in [-0.39, 0.29) is 28.6 Å². The molecule has 1 aliphatic rings. The minimum absolute atomic E-state index is 0.0351. The van der Waals surface area contributed by atoms with Gasteiger partial charge >= 0.3 is 0 Å². The fourth-order valence-electron chi connectivity index (χ4n) is 4.00. The lowest BCUT2D eigenvalue weighted by Crippen LogP contribution is -2.48. The minimum Gasteiger partial charge on any atom is -0.295 e. The minimum atomic E-state index is -3.78. The molecule has 0 aliphatic carbocycles. The van der Waals surface area contributed by atoms with Crippen molar-refractivity contribution in [2.45, 2.75) is 18.4 Å². The number of hydrogen-bond acceptors (Lipinski definition) is 7. The van der Waals surface area contributed by atoms with Crippen molar-refractivity contribution >= 4 is 37.9 Å². The number of sulfonamides is 1. The first-order chi connectivity index (χ1) is 16.7. The summed E-state index contributed by atoms with van der Waals surface area (Å²) < 4.78 is 41.9. The fraction of sp³-hybridized carbons (Fsp3) is 0.261. The summed E-state index contributed by atoms with van der Waals surface area (Å²) in [6.45, 7) is 3.86. The van der Waals surface area contributed by atoms with Gasteiger partial charge in [-0.25, -0.2) is 17.8 Å². The second-order valence-electron chi connectivity index (χ2n) is 8.26. The molecule has 1 fully saturated rings. The average molecular weight is 534 g/mol. The van der Waals surface area contributed by atoms with Gasteiger partial charge in [0.1, 0.15) is 10.8 Å². The van der Waals surface area contributed by atoms with Crippen LogP contribution in [0.15, 0.2) is 58.2 Å². The average Bonchev–Trinajstić information content (AvgIpc) is 3.26. The van der Waals surface area contributed by atoms with Crippen LogP contribution in [0.5, 0.6) is 0 Å². The van der Waals surface area contributed by atoms with Crippen LogP contribution >= 0.6 is 22.9 Å². The molecule has 0 saturated carbocycles. The van der Waals surface area contributed by atoms with Crippen LogP contribution in [-0.2, 0) is 16.6 Å². The third kappa shape index (κ3) is 4.74. The highest BCUT2D eigenvalue weighted by Gasteiger charge is 2.29. The first-order valence-corrected chi connectivity index (χ1v) is 13.5. The van der Waals surface area contributed by atoms with Crippen molar-refractivity contribution in [1.29, 1.82) is 0 Å². The number of rotatable bonds is 5. The topological polar surface area (TPSA) is 87.9 Å². The van der Waals surface area contributed by atoms with Crippen LogP contribution in [0.1, 0.15) is 11.3 Å². The van der Waals surface area contributed by atoms with Crippen LogP contribution in [0, 0.1) is 12.7 Å². The summed E-state index contributed by atoms with van der Waals surface area (Å²) in [6, 6.07) is 12.7. The fourth-order valence-corrected chi connectivity index (χ4v) is 6.71. The summed E-state index contributed by atoms with van der Waals surface area (Å²) in [5, 5.41) is 4.94. The Morgan fingerprint density at radius 1 is 1.09 bits per heavy atom. The van der Waals surface area contributed by atoms with E-state index < -0.39 is 15.8 Å². The van der Waals surface area contributed by atoms with Gasteiger partial charge < -0.3 is 0 Å². The second kappa shape index (κ2) is 9.40. The molecule has 8 nitrogen and oxygen atoms in total. The second-order valence-corrected chi connectivity index (χ2v) is 11.6. The molecule has 0 spiro atoms. The smallest absolute Gasteiger partial charge is 0.275 e. The van der Waals surface area contributed by atoms with E-state index in [9.17, 15) is 17.6 Å². The lowest BCUT2D eigenvalue weighted by atomic mass is 10.1. The first-order valence-electron chi connectivity index (χ1n) is 10.9. The Balaban J connectivity index is 1.30. The van der Waals surface area contributed by atoms with Crippen LogP contribution in [0.3, 0.4) is 0 Å². The Labute approximate surface area is 210 Å². The highest BCUT2D eigenvalue weighted by Crippen LogP contribution is 2.27. The number of aryl methyl sites for hydroxylation is 1. The lowest BCUT2D eigenvalue weighted by Gasteiger charge is -2.33. The maximum atomic E-state index is 13.4. The molecular formula is C23H21ClFN5O3S2. The third-order valence-electron chi connectivity index (χ3n) is 5.92. The van der Waals surface area contributed by atoms with E-state index in [2.05, 4.69) is 10.1 Å². The lowest BCUT2D eigenvalue weighted by molar-refractivity contribution is 0.180. The third-order valence-corrected chi connectivity index (χ3v) is 9.05. The van der Waals surface area contributed by atoms with Gasteiger partial charge in [0.15, 0.2) is 0 Å². The number of benzene rings is 2. The molecule has 2 aromatic carbocycles. The van der Waals surface area contributed by atoms with E-state index in [4.69, 9.17) is 11.6 Å². The number of aromatic nitrogens is 3. The van der Waals surface area contributed by atoms with Crippen LogP contribution in [0.25, 0.3) is 15.5 Å². The van der Waals surface area contributed by atoms with E-state index in [1.54, 1.807) is 0 Å². The molecule has 2 aromatic heterocycles. The molecule has 4 aromatic rings. The summed E-state index contributed by atoms with van der Waals surface area (Å²) in [5.41, 5.74) is 2.38. The molecule has 0 amide bonds. The molecule has 0 bridgehead atoms. The molecule has 0 unspecified atom stereocenters. The summed E-state index contributed by atoms with van der Waals surface area (Å²) in [7, 11) is -3.78. The van der Waals surface area contributed by atoms with Crippen LogP contribution in [-0.4, -0.2) is 58.4 Å². The van der Waals surface area contributed by atoms with E-state index in [0.717, 1.165) is 28.3 Å². The number of fused-ring (bicyclic) bond motifs is 1. The van der Waals surface area contributed by atoms with Crippen molar-refractivity contribution < 1.29 is 12.8 Å². The zero-order valence-corrected chi connectivity index (χ0v) is 21.1. The van der Waals surface area contributed by atoms with Crippen molar-refractivity contribution in [2.24, 2.45) is 0 Å². The Kier molecular flexibility index (Phi) is 6.45. The highest BCUT2D eigenvalue weighted by atomic mass is 35.5. The van der Waals surface area contributed by atoms with Crippen molar-refractivity contribution in [3.05, 3.63) is 81.0 Å². The zero-order valence-electron chi connectivity index (χ0n) is 18.7. The Bertz CT molecular complexity index is 1580. The van der Waals surface area contributed by atoms with Crippen LogP contribution < -0.4 is 5.56 Å². The van der Waals surface area contributed by atoms with Gasteiger partial charge in [0.05, 0.1) is 15.6 Å². The van der Waals surface area contributed by atoms with Crippen molar-refractivity contribution in [3.8, 4) is 10.6 Å². The normalized spacial score (nSPS) is 15.6. The van der Waals surface area contributed by atoms with Gasteiger partial charge in [0, 0.05) is 44.4 Å². The van der Waals surface area contributed by atoms with Crippen LogP contribution in [0.4, 0.5) is 4.39 Å². The van der Waals surface area contributed by atoms with Gasteiger partial charge in [-0.1, -0.05) is 47.2 Å². The number of hydrogen-bond donors (Lipinski definition) is 0. The van der Waals surface area contributed by atoms with Crippen molar-refractivity contribution in [2.75, 3.05) is 26.2 Å². The SMILES string of the molecule is Cc1ccccc1-c1nn2c(=O)cc(CN3CCN(S(=O)(=O)c4ccc(F)c(Cl)c4)CC3)nc2s1. The highest BCUT2D eigenvalue weighted by molar-refractivity contribution is 7.89. The molecule has 3 heterocycles. The van der Waals surface area contributed by atoms with Gasteiger partial charge in [-0.2, -0.15) is 13.9 Å². The predicted octanol–water partition coefficient (Wildman–Crippen LogP) is 3.43. The van der Waals surface area contributed by atoms with E-state index in [1.807, 2.05) is 36.1 Å². The molecule has 5 rings (SSSR count). The predicted molar refractivity (Wildman–Crippen MR) is 133 cm³/mol. The number of nitrogens with zero attached hydrogens (tertiary/aromatic N) is 5. The van der Waals surface area contributed by atoms with Crippen LogP contribution in [0.2, 0.25) is 5.02 Å². The largest absolute Gasteiger partial charge is 0.295 e. The van der Waals surface area contributed by atoms with Crippen molar-refractivity contribution in [3.63, 3.8) is 0 Å². The number of piperazine rings is 1. The molecule has 35 heavy (non-hydrogen) atoms. The quantitative estimate of drug-likeness (QED) is 0.390. The molecule has 0 radical (unpaired) electrons. The van der Waals surface area contributed by atoms with Crippen molar-refractivity contribution in [1.82, 2.24) is 23.8 Å². The molecule has 1 saturated heterocycles. The molecule has 182 valence electrons. The first kappa shape index (κ1) is 24.0. The van der Waals surface area contributed by atoms with E-state index in [1.165, 1.54) is 32.3 Å². The van der Waals surface area contributed by atoms with Gasteiger partial charge in [0.2, 0.25) is 15.0 Å². The van der Waals surface area contributed by atoms with E-state index in [0.29, 0.717) is 30.3 Å². The van der Waals surface area contributed by atoms with E-state index >= 15 is 0 Å². The number of halogens is 2. The molecule has 12 heteroatoms. The molecule has 0 atom stereocenters. The Morgan fingerprint density at radius 2 is 1.83 bits per heavy atom. The van der Waals surface area contributed by atoms with Gasteiger partial charge in [-0.05, 0) is 30.7 Å². The summed E-state index contributed by atoms with van der Waals surface area (Å²) in [4.78, 5) is 19.8. The maximum absolute atomic E-state index is 13.4. The monoisotopic (exact) mass is 533 g/mol. The zero-order chi connectivity index (χ0) is 24.7. The molecule has 1 aliphatic heterocycles. The standard InChI is InChI=1S/C23H21ClFN5O3S2/c1-15-4-2-3-5-18(15)22-27-30-21(31)12-16(26-23(30)34-22)14-28-8-10-29(11-9-28)35(32,33)17-6-7-20(25)19(24)13-17/h2-7,12-13H,8-11,14H2,1H3. The maximum Gasteiger partial charge on any atom is 0.275 e. The summed E-state index contributed by atoms with van der Waals surface area (Å²) in [6.07, 6.45) is 0. The summed E-state index contributed by atoms with van der Waals surface area (Å²) >= 11 is 7.12. The Hall–Kier alpha value is -2.70. The van der Waals surface area contributed by atoms with Gasteiger partial charge in [-0.3, -0.25) is 9.69 Å². The summed E-state index contributed by atoms with van der Waals surface area (Å²) in [5.74, 6) is -0.664. The Morgan fingerprint density at radius 3 is 2.54 bits per heavy atom. The molecule has 0 N–H and O–H groups in total. The van der Waals surface area contributed by atoms with Gasteiger partial charge in [0.25, 0.3) is 5.56 Å². The van der Waals surface area contributed by atoms with Gasteiger partial charge in [-0.15, -0.1) is 0 Å². The molecular weight excluding hydrogens is 513 g/mol.